The number of nitrogens with one attached hydrogen (secondary N) is 1. The fourth-order valence-electron chi connectivity index (χ4n) is 3.94. The van der Waals surface area contributed by atoms with Crippen LogP contribution in [-0.2, 0) is 6.54 Å². The maximum absolute atomic E-state index is 13.1. The van der Waals surface area contributed by atoms with Crippen LogP contribution in [0.4, 0.5) is 0 Å². The molecule has 0 bridgehead atoms. The van der Waals surface area contributed by atoms with Gasteiger partial charge in [-0.15, -0.1) is 0 Å². The van der Waals surface area contributed by atoms with E-state index in [0.717, 1.165) is 55.3 Å². The molecule has 1 saturated heterocycles. The Balaban J connectivity index is 1.52. The minimum atomic E-state index is 0.189. The smallest absolute Gasteiger partial charge is 0.255 e. The summed E-state index contributed by atoms with van der Waals surface area (Å²) in [6.45, 7) is 6.93. The molecule has 5 heteroatoms. The molecule has 0 aromatic carbocycles. The maximum atomic E-state index is 13.1. The van der Waals surface area contributed by atoms with Crippen LogP contribution in [0.3, 0.4) is 0 Å². The maximum Gasteiger partial charge on any atom is 0.255 e. The largest absolute Gasteiger partial charge is 0.348 e. The number of nitrogens with zero attached hydrogens (tertiary/aromatic N) is 3. The summed E-state index contributed by atoms with van der Waals surface area (Å²) >= 11 is 0. The molecule has 128 valence electrons. The van der Waals surface area contributed by atoms with Crippen LogP contribution in [0, 0.1) is 19.8 Å². The highest BCUT2D eigenvalue weighted by molar-refractivity contribution is 5.95. The van der Waals surface area contributed by atoms with E-state index in [2.05, 4.69) is 34.7 Å². The second-order valence-electron chi connectivity index (χ2n) is 7.44. The van der Waals surface area contributed by atoms with E-state index in [9.17, 15) is 4.79 Å². The van der Waals surface area contributed by atoms with Crippen LogP contribution in [0.5, 0.6) is 0 Å². The van der Waals surface area contributed by atoms with Crippen LogP contribution in [0.1, 0.15) is 59.0 Å². The van der Waals surface area contributed by atoms with Crippen molar-refractivity contribution in [3.05, 3.63) is 41.0 Å². The molecule has 2 aromatic heterocycles. The van der Waals surface area contributed by atoms with Crippen LogP contribution in [0.2, 0.25) is 0 Å². The fraction of sp³-hybridized carbons (Fsp3) is 0.579. The zero-order valence-corrected chi connectivity index (χ0v) is 14.6. The number of likely N-dealkylation sites (tertiary alicyclic amines) is 1. The summed E-state index contributed by atoms with van der Waals surface area (Å²) in [6, 6.07) is 4.11. The van der Waals surface area contributed by atoms with Gasteiger partial charge in [-0.3, -0.25) is 9.89 Å². The number of piperidine rings is 1. The molecule has 5 nitrogen and oxygen atoms in total. The van der Waals surface area contributed by atoms with Gasteiger partial charge in [0.1, 0.15) is 0 Å². The summed E-state index contributed by atoms with van der Waals surface area (Å²) in [5, 5.41) is 7.12. The summed E-state index contributed by atoms with van der Waals surface area (Å²) in [4.78, 5) is 15.1. The third-order valence-corrected chi connectivity index (χ3v) is 5.61. The molecule has 0 spiro atoms. The first kappa shape index (κ1) is 15.5. The van der Waals surface area contributed by atoms with Gasteiger partial charge in [-0.1, -0.05) is 0 Å². The van der Waals surface area contributed by atoms with Crippen molar-refractivity contribution in [3.63, 3.8) is 0 Å². The Morgan fingerprint density at radius 2 is 2.17 bits per heavy atom. The molecule has 2 aromatic rings. The Kier molecular flexibility index (Phi) is 3.94. The SMILES string of the molecule is Cc1cc(C(=O)N2CCC[C@H](c3ccn[nH]3)C2)c(C)n1CC1CC1. The molecule has 1 saturated carbocycles. The van der Waals surface area contributed by atoms with Gasteiger partial charge in [-0.05, 0) is 57.6 Å². The number of carbonyl (C=O) groups is 1. The van der Waals surface area contributed by atoms with Crippen molar-refractivity contribution in [1.29, 1.82) is 0 Å². The van der Waals surface area contributed by atoms with Crippen LogP contribution in [0.15, 0.2) is 18.3 Å². The van der Waals surface area contributed by atoms with Crippen LogP contribution in [0.25, 0.3) is 0 Å². The molecule has 1 aliphatic heterocycles. The topological polar surface area (TPSA) is 53.9 Å². The molecule has 1 amide bonds. The molecular formula is C19H26N4O. The molecule has 2 aliphatic rings. The van der Waals surface area contributed by atoms with Crippen molar-refractivity contribution in [3.8, 4) is 0 Å². The zero-order chi connectivity index (χ0) is 16.7. The molecule has 1 N–H and O–H groups in total. The lowest BCUT2D eigenvalue weighted by atomic mass is 9.94. The normalized spacial score (nSPS) is 21.2. The molecule has 1 atom stereocenters. The summed E-state index contributed by atoms with van der Waals surface area (Å²) in [6.07, 6.45) is 6.63. The third-order valence-electron chi connectivity index (χ3n) is 5.61. The van der Waals surface area contributed by atoms with E-state index < -0.39 is 0 Å². The van der Waals surface area contributed by atoms with Crippen molar-refractivity contribution < 1.29 is 4.79 Å². The highest BCUT2D eigenvalue weighted by atomic mass is 16.2. The lowest BCUT2D eigenvalue weighted by Crippen LogP contribution is -2.39. The Morgan fingerprint density at radius 1 is 1.33 bits per heavy atom. The standard InChI is InChI=1S/C19H26N4O/c1-13-10-17(14(2)23(13)11-15-5-6-15)19(24)22-9-3-4-16(12-22)18-7-8-20-21-18/h7-8,10,15-16H,3-6,9,11-12H2,1-2H3,(H,20,21)/t16-/m0/s1. The monoisotopic (exact) mass is 326 g/mol. The first-order chi connectivity index (χ1) is 11.6. The van der Waals surface area contributed by atoms with Gasteiger partial charge >= 0.3 is 0 Å². The van der Waals surface area contributed by atoms with Crippen molar-refractivity contribution in [2.75, 3.05) is 13.1 Å². The first-order valence-corrected chi connectivity index (χ1v) is 9.08. The van der Waals surface area contributed by atoms with Gasteiger partial charge < -0.3 is 9.47 Å². The lowest BCUT2D eigenvalue weighted by Gasteiger charge is -2.32. The highest BCUT2D eigenvalue weighted by Gasteiger charge is 2.29. The van der Waals surface area contributed by atoms with E-state index in [1.807, 2.05) is 11.0 Å². The number of hydrogen-bond acceptors (Lipinski definition) is 2. The molecule has 2 fully saturated rings. The van der Waals surface area contributed by atoms with Crippen LogP contribution < -0.4 is 0 Å². The second-order valence-corrected chi connectivity index (χ2v) is 7.44. The lowest BCUT2D eigenvalue weighted by molar-refractivity contribution is 0.0705. The minimum Gasteiger partial charge on any atom is -0.348 e. The molecular weight excluding hydrogens is 300 g/mol. The number of aryl methyl sites for hydroxylation is 1. The number of aromatic amines is 1. The Hall–Kier alpha value is -2.04. The predicted octanol–water partition coefficient (Wildman–Crippen LogP) is 3.26. The van der Waals surface area contributed by atoms with E-state index in [-0.39, 0.29) is 5.91 Å². The van der Waals surface area contributed by atoms with Gasteiger partial charge in [-0.2, -0.15) is 5.10 Å². The molecule has 0 unspecified atom stereocenters. The van der Waals surface area contributed by atoms with Gasteiger partial charge in [0.05, 0.1) is 5.56 Å². The molecule has 4 rings (SSSR count). The number of aromatic nitrogens is 3. The van der Waals surface area contributed by atoms with Gasteiger partial charge in [-0.25, -0.2) is 0 Å². The summed E-state index contributed by atoms with van der Waals surface area (Å²) in [7, 11) is 0. The van der Waals surface area contributed by atoms with E-state index in [1.165, 1.54) is 18.5 Å². The minimum absolute atomic E-state index is 0.189. The average molecular weight is 326 g/mol. The fourth-order valence-corrected chi connectivity index (χ4v) is 3.94. The number of hydrogen-bond donors (Lipinski definition) is 1. The van der Waals surface area contributed by atoms with Gasteiger partial charge in [0.15, 0.2) is 0 Å². The van der Waals surface area contributed by atoms with E-state index in [4.69, 9.17) is 0 Å². The summed E-state index contributed by atoms with van der Waals surface area (Å²) in [5.41, 5.74) is 4.38. The number of amides is 1. The molecule has 3 heterocycles. The van der Waals surface area contributed by atoms with Gasteiger partial charge in [0.2, 0.25) is 0 Å². The summed E-state index contributed by atoms with van der Waals surface area (Å²) in [5.74, 6) is 1.38. The Morgan fingerprint density at radius 3 is 2.88 bits per heavy atom. The molecule has 1 aliphatic carbocycles. The third kappa shape index (κ3) is 2.87. The van der Waals surface area contributed by atoms with Crippen molar-refractivity contribution in [2.45, 2.75) is 52.0 Å². The van der Waals surface area contributed by atoms with E-state index >= 15 is 0 Å². The zero-order valence-electron chi connectivity index (χ0n) is 14.6. The average Bonchev–Trinajstić information content (AvgIpc) is 3.16. The second kappa shape index (κ2) is 6.11. The van der Waals surface area contributed by atoms with Gasteiger partial charge in [0, 0.05) is 48.8 Å². The van der Waals surface area contributed by atoms with E-state index in [0.29, 0.717) is 5.92 Å². The molecule has 24 heavy (non-hydrogen) atoms. The van der Waals surface area contributed by atoms with Gasteiger partial charge in [0.25, 0.3) is 5.91 Å². The summed E-state index contributed by atoms with van der Waals surface area (Å²) < 4.78 is 2.33. The van der Waals surface area contributed by atoms with Crippen molar-refractivity contribution in [2.24, 2.45) is 5.92 Å². The van der Waals surface area contributed by atoms with Crippen LogP contribution >= 0.6 is 0 Å². The van der Waals surface area contributed by atoms with Crippen molar-refractivity contribution >= 4 is 5.91 Å². The quantitative estimate of drug-likeness (QED) is 0.937. The molecule has 0 radical (unpaired) electrons. The van der Waals surface area contributed by atoms with Crippen LogP contribution in [-0.4, -0.2) is 38.7 Å². The number of rotatable bonds is 4. The van der Waals surface area contributed by atoms with E-state index in [1.54, 1.807) is 6.20 Å². The number of H-pyrrole nitrogens is 1. The first-order valence-electron chi connectivity index (χ1n) is 9.08. The van der Waals surface area contributed by atoms with Crippen molar-refractivity contribution in [1.82, 2.24) is 19.7 Å². The Bertz CT molecular complexity index is 727. The Labute approximate surface area is 143 Å². The number of carbonyl (C=O) groups excluding carboxylic acids is 1. The highest BCUT2D eigenvalue weighted by Crippen LogP contribution is 2.33. The predicted molar refractivity (Wildman–Crippen MR) is 93.1 cm³/mol.